The van der Waals surface area contributed by atoms with Gasteiger partial charge in [-0.25, -0.2) is 4.79 Å². The Morgan fingerprint density at radius 2 is 2.08 bits per heavy atom. The first kappa shape index (κ1) is 17.8. The number of ether oxygens (including phenoxy) is 2. The molecule has 3 aliphatic heterocycles. The Kier molecular flexibility index (Phi) is 5.42. The fourth-order valence-corrected chi connectivity index (χ4v) is 4.62. The lowest BCUT2D eigenvalue weighted by molar-refractivity contribution is -0.130. The van der Waals surface area contributed by atoms with Crippen molar-refractivity contribution in [3.8, 4) is 0 Å². The van der Waals surface area contributed by atoms with Crippen molar-refractivity contribution in [1.82, 2.24) is 14.7 Å². The maximum atomic E-state index is 12.5. The highest BCUT2D eigenvalue weighted by Gasteiger charge is 2.48. The Bertz CT molecular complexity index is 632. The topological polar surface area (TPSA) is 62.3 Å². The normalized spacial score (nSPS) is 26.2. The summed E-state index contributed by atoms with van der Waals surface area (Å²) < 4.78 is 10.9. The first-order chi connectivity index (χ1) is 12.7. The van der Waals surface area contributed by atoms with E-state index in [1.807, 2.05) is 27.3 Å². The van der Waals surface area contributed by atoms with Gasteiger partial charge in [0.15, 0.2) is 0 Å². The number of morpholine rings is 1. The number of carbonyl (C=O) groups excluding carboxylic acids is 2. The standard InChI is InChI=1S/C18H25N3O4S/c22-17(11-14-3-1-10-26-14)20-12-15-16(13-20)25-18(23)21(15)5-2-4-19-6-8-24-9-7-19/h1,3,10,15-16H,2,4-9,11-13H2/t15-,16+/m0/s1. The van der Waals surface area contributed by atoms with Crippen LogP contribution in [0.25, 0.3) is 0 Å². The maximum Gasteiger partial charge on any atom is 0.410 e. The van der Waals surface area contributed by atoms with E-state index < -0.39 is 0 Å². The Hall–Kier alpha value is -1.64. The second kappa shape index (κ2) is 7.94. The minimum atomic E-state index is -0.229. The van der Waals surface area contributed by atoms with Gasteiger partial charge in [0.25, 0.3) is 0 Å². The molecule has 3 saturated heterocycles. The molecule has 26 heavy (non-hydrogen) atoms. The highest BCUT2D eigenvalue weighted by Crippen LogP contribution is 2.27. The number of carbonyl (C=O) groups is 2. The number of amides is 2. The summed E-state index contributed by atoms with van der Waals surface area (Å²) in [6.07, 6.45) is 0.939. The zero-order chi connectivity index (χ0) is 17.9. The van der Waals surface area contributed by atoms with Crippen molar-refractivity contribution in [3.05, 3.63) is 22.4 Å². The molecule has 4 heterocycles. The van der Waals surface area contributed by atoms with Crippen LogP contribution in [-0.4, -0.2) is 91.3 Å². The average molecular weight is 379 g/mol. The van der Waals surface area contributed by atoms with E-state index >= 15 is 0 Å². The molecule has 2 amide bonds. The van der Waals surface area contributed by atoms with E-state index in [-0.39, 0.29) is 24.1 Å². The number of hydrogen-bond donors (Lipinski definition) is 0. The van der Waals surface area contributed by atoms with Crippen LogP contribution < -0.4 is 0 Å². The van der Waals surface area contributed by atoms with Crippen molar-refractivity contribution in [2.75, 3.05) is 52.5 Å². The van der Waals surface area contributed by atoms with Gasteiger partial charge in [-0.05, 0) is 17.9 Å². The molecule has 1 aromatic heterocycles. The van der Waals surface area contributed by atoms with Gasteiger partial charge in [0, 0.05) is 37.6 Å². The lowest BCUT2D eigenvalue weighted by atomic mass is 10.2. The number of rotatable bonds is 6. The van der Waals surface area contributed by atoms with E-state index in [9.17, 15) is 9.59 Å². The van der Waals surface area contributed by atoms with E-state index in [0.717, 1.165) is 44.1 Å². The molecule has 142 valence electrons. The van der Waals surface area contributed by atoms with Crippen LogP contribution in [0.3, 0.4) is 0 Å². The van der Waals surface area contributed by atoms with Gasteiger partial charge >= 0.3 is 6.09 Å². The number of hydrogen-bond acceptors (Lipinski definition) is 6. The quantitative estimate of drug-likeness (QED) is 0.739. The Morgan fingerprint density at radius 3 is 2.85 bits per heavy atom. The number of thiophene rings is 1. The molecule has 0 unspecified atom stereocenters. The number of likely N-dealkylation sites (tertiary alicyclic amines) is 1. The smallest absolute Gasteiger partial charge is 0.410 e. The van der Waals surface area contributed by atoms with Crippen LogP contribution in [0.15, 0.2) is 17.5 Å². The van der Waals surface area contributed by atoms with E-state index in [0.29, 0.717) is 26.1 Å². The molecule has 0 aliphatic carbocycles. The van der Waals surface area contributed by atoms with Crippen molar-refractivity contribution in [1.29, 1.82) is 0 Å². The van der Waals surface area contributed by atoms with Crippen molar-refractivity contribution >= 4 is 23.3 Å². The lowest BCUT2D eigenvalue weighted by Gasteiger charge is -2.28. The molecule has 0 N–H and O–H groups in total. The van der Waals surface area contributed by atoms with Crippen molar-refractivity contribution in [3.63, 3.8) is 0 Å². The predicted octanol–water partition coefficient (Wildman–Crippen LogP) is 1.04. The van der Waals surface area contributed by atoms with Gasteiger partial charge in [-0.1, -0.05) is 6.07 Å². The van der Waals surface area contributed by atoms with Crippen LogP contribution in [0.4, 0.5) is 4.79 Å². The van der Waals surface area contributed by atoms with E-state index in [4.69, 9.17) is 9.47 Å². The monoisotopic (exact) mass is 379 g/mol. The van der Waals surface area contributed by atoms with Crippen LogP contribution in [0.2, 0.25) is 0 Å². The summed E-state index contributed by atoms with van der Waals surface area (Å²) in [7, 11) is 0. The van der Waals surface area contributed by atoms with Gasteiger partial charge < -0.3 is 14.4 Å². The van der Waals surface area contributed by atoms with E-state index in [1.54, 1.807) is 11.3 Å². The van der Waals surface area contributed by atoms with Crippen LogP contribution in [-0.2, 0) is 20.7 Å². The second-order valence-electron chi connectivity index (χ2n) is 7.05. The second-order valence-corrected chi connectivity index (χ2v) is 8.08. The van der Waals surface area contributed by atoms with Gasteiger partial charge in [0.1, 0.15) is 6.10 Å². The van der Waals surface area contributed by atoms with Crippen LogP contribution in [0.1, 0.15) is 11.3 Å². The molecule has 3 fully saturated rings. The molecule has 0 bridgehead atoms. The van der Waals surface area contributed by atoms with Gasteiger partial charge in [0.05, 0.1) is 32.2 Å². The Labute approximate surface area is 157 Å². The summed E-state index contributed by atoms with van der Waals surface area (Å²) in [6.45, 7) is 6.24. The zero-order valence-corrected chi connectivity index (χ0v) is 15.7. The molecule has 7 nitrogen and oxygen atoms in total. The summed E-state index contributed by atoms with van der Waals surface area (Å²) in [4.78, 5) is 31.8. The van der Waals surface area contributed by atoms with Crippen LogP contribution in [0.5, 0.6) is 0 Å². The minimum Gasteiger partial charge on any atom is -0.442 e. The lowest BCUT2D eigenvalue weighted by Crippen LogP contribution is -2.42. The SMILES string of the molecule is O=C(Cc1cccs1)N1C[C@H]2OC(=O)N(CCCN3CCOCC3)[C@H]2C1. The first-order valence-corrected chi connectivity index (χ1v) is 10.2. The third-order valence-electron chi connectivity index (χ3n) is 5.36. The summed E-state index contributed by atoms with van der Waals surface area (Å²) in [5.41, 5.74) is 0. The Balaban J connectivity index is 1.27. The summed E-state index contributed by atoms with van der Waals surface area (Å²) in [5, 5.41) is 1.99. The molecule has 2 atom stereocenters. The van der Waals surface area contributed by atoms with Crippen LogP contribution in [0, 0.1) is 0 Å². The summed E-state index contributed by atoms with van der Waals surface area (Å²) in [5.74, 6) is 0.117. The van der Waals surface area contributed by atoms with Crippen molar-refractivity contribution in [2.24, 2.45) is 0 Å². The molecule has 3 aliphatic rings. The van der Waals surface area contributed by atoms with Gasteiger partial charge in [-0.15, -0.1) is 11.3 Å². The molecule has 0 spiro atoms. The third kappa shape index (κ3) is 3.87. The Morgan fingerprint density at radius 1 is 1.23 bits per heavy atom. The fourth-order valence-electron chi connectivity index (χ4n) is 3.93. The molecule has 0 aromatic carbocycles. The minimum absolute atomic E-state index is 0.000486. The largest absolute Gasteiger partial charge is 0.442 e. The van der Waals surface area contributed by atoms with Crippen molar-refractivity contribution < 1.29 is 19.1 Å². The highest BCUT2D eigenvalue weighted by atomic mass is 32.1. The zero-order valence-electron chi connectivity index (χ0n) is 14.8. The average Bonchev–Trinajstić information content (AvgIpc) is 3.34. The number of fused-ring (bicyclic) bond motifs is 1. The van der Waals surface area contributed by atoms with Gasteiger partial charge in [-0.3, -0.25) is 14.6 Å². The summed E-state index contributed by atoms with van der Waals surface area (Å²) >= 11 is 1.60. The van der Waals surface area contributed by atoms with E-state index in [1.165, 1.54) is 0 Å². The van der Waals surface area contributed by atoms with Gasteiger partial charge in [0.2, 0.25) is 5.91 Å². The molecule has 1 aromatic rings. The molecular weight excluding hydrogens is 354 g/mol. The predicted molar refractivity (Wildman–Crippen MR) is 97.2 cm³/mol. The van der Waals surface area contributed by atoms with Gasteiger partial charge in [-0.2, -0.15) is 0 Å². The van der Waals surface area contributed by atoms with E-state index in [2.05, 4.69) is 4.90 Å². The maximum absolute atomic E-state index is 12.5. The van der Waals surface area contributed by atoms with Crippen LogP contribution >= 0.6 is 11.3 Å². The molecule has 8 heteroatoms. The first-order valence-electron chi connectivity index (χ1n) is 9.28. The molecule has 0 radical (unpaired) electrons. The third-order valence-corrected chi connectivity index (χ3v) is 6.24. The molecular formula is C18H25N3O4S. The number of nitrogens with zero attached hydrogens (tertiary/aromatic N) is 3. The summed E-state index contributed by atoms with van der Waals surface area (Å²) in [6, 6.07) is 3.95. The molecule has 4 rings (SSSR count). The molecule has 0 saturated carbocycles. The fraction of sp³-hybridized carbons (Fsp3) is 0.667. The highest BCUT2D eigenvalue weighted by molar-refractivity contribution is 7.10. The van der Waals surface area contributed by atoms with Crippen molar-refractivity contribution in [2.45, 2.75) is 25.0 Å².